The zero-order valence-electron chi connectivity index (χ0n) is 14.3. The highest BCUT2D eigenvalue weighted by Crippen LogP contribution is 2.34. The molecule has 1 amide bonds. The molecule has 3 aromatic rings. The predicted molar refractivity (Wildman–Crippen MR) is 101 cm³/mol. The van der Waals surface area contributed by atoms with E-state index < -0.39 is 28.9 Å². The van der Waals surface area contributed by atoms with Crippen molar-refractivity contribution in [3.8, 4) is 0 Å². The lowest BCUT2D eigenvalue weighted by Gasteiger charge is -2.14. The summed E-state index contributed by atoms with van der Waals surface area (Å²) in [6, 6.07) is 14.2. The number of halogens is 4. The smallest absolute Gasteiger partial charge is 0.321 e. The van der Waals surface area contributed by atoms with E-state index in [1.54, 1.807) is 24.3 Å². The Balaban J connectivity index is 1.88. The number of nitrogens with zero attached hydrogens (tertiary/aromatic N) is 1. The lowest BCUT2D eigenvalue weighted by atomic mass is 10.1. The molecule has 0 aliphatic carbocycles. The number of aromatic nitrogens is 1. The van der Waals surface area contributed by atoms with Gasteiger partial charge in [0.15, 0.2) is 0 Å². The monoisotopic (exact) mass is 406 g/mol. The second-order valence-electron chi connectivity index (χ2n) is 5.98. The van der Waals surface area contributed by atoms with Gasteiger partial charge in [0, 0.05) is 11.2 Å². The Morgan fingerprint density at radius 1 is 1.00 bits per heavy atom. The van der Waals surface area contributed by atoms with Crippen LogP contribution in [0.4, 0.5) is 18.9 Å². The number of carbonyl (C=O) groups excluding carboxylic acids is 1. The molecule has 0 unspecified atom stereocenters. The summed E-state index contributed by atoms with van der Waals surface area (Å²) in [4.78, 5) is 25.1. The summed E-state index contributed by atoms with van der Waals surface area (Å²) in [5.41, 5.74) is -1.48. The standard InChI is InChI=1S/C20H14ClF3N2O2/c21-14-9-7-13(8-10-14)12-26-11-3-4-15(19(26)28)18(27)25-17-6-2-1-5-16(17)20(22,23)24/h1-11H,12H2,(H,25,27). The Morgan fingerprint density at radius 2 is 1.68 bits per heavy atom. The molecule has 8 heteroatoms. The van der Waals surface area contributed by atoms with Gasteiger partial charge in [-0.15, -0.1) is 0 Å². The molecule has 0 bridgehead atoms. The van der Waals surface area contributed by atoms with Crippen molar-refractivity contribution in [2.24, 2.45) is 0 Å². The second-order valence-corrected chi connectivity index (χ2v) is 6.42. The van der Waals surface area contributed by atoms with Crippen molar-refractivity contribution in [2.75, 3.05) is 5.32 Å². The average Bonchev–Trinajstić information content (AvgIpc) is 2.64. The van der Waals surface area contributed by atoms with Crippen molar-refractivity contribution in [1.29, 1.82) is 0 Å². The number of benzene rings is 2. The van der Waals surface area contributed by atoms with Crippen LogP contribution in [0.5, 0.6) is 0 Å². The van der Waals surface area contributed by atoms with Crippen LogP contribution in [0.25, 0.3) is 0 Å². The van der Waals surface area contributed by atoms with Gasteiger partial charge in [0.2, 0.25) is 0 Å². The van der Waals surface area contributed by atoms with Gasteiger partial charge in [0.25, 0.3) is 11.5 Å². The minimum Gasteiger partial charge on any atom is -0.321 e. The number of nitrogens with one attached hydrogen (secondary N) is 1. The van der Waals surface area contributed by atoms with E-state index in [1.165, 1.54) is 35.0 Å². The molecule has 0 atom stereocenters. The minimum atomic E-state index is -4.63. The van der Waals surface area contributed by atoms with Crippen LogP contribution >= 0.6 is 11.6 Å². The quantitative estimate of drug-likeness (QED) is 0.675. The molecule has 0 aliphatic rings. The van der Waals surface area contributed by atoms with Crippen LogP contribution in [-0.2, 0) is 12.7 Å². The van der Waals surface area contributed by atoms with E-state index in [4.69, 9.17) is 11.6 Å². The van der Waals surface area contributed by atoms with Crippen LogP contribution < -0.4 is 10.9 Å². The third kappa shape index (κ3) is 4.43. The van der Waals surface area contributed by atoms with Gasteiger partial charge < -0.3 is 9.88 Å². The zero-order valence-corrected chi connectivity index (χ0v) is 15.1. The van der Waals surface area contributed by atoms with Crippen LogP contribution in [-0.4, -0.2) is 10.5 Å². The summed E-state index contributed by atoms with van der Waals surface area (Å²) in [6.45, 7) is 0.191. The third-order valence-electron chi connectivity index (χ3n) is 4.01. The van der Waals surface area contributed by atoms with Gasteiger partial charge in [-0.3, -0.25) is 9.59 Å². The number of para-hydroxylation sites is 1. The lowest BCUT2D eigenvalue weighted by molar-refractivity contribution is -0.136. The van der Waals surface area contributed by atoms with Gasteiger partial charge in [-0.05, 0) is 42.0 Å². The van der Waals surface area contributed by atoms with Crippen molar-refractivity contribution in [2.45, 2.75) is 12.7 Å². The maximum absolute atomic E-state index is 13.1. The molecular weight excluding hydrogens is 393 g/mol. The summed E-state index contributed by atoms with van der Waals surface area (Å²) < 4.78 is 40.6. The average molecular weight is 407 g/mol. The van der Waals surface area contributed by atoms with Gasteiger partial charge in [-0.1, -0.05) is 35.9 Å². The second kappa shape index (κ2) is 7.90. The zero-order chi connectivity index (χ0) is 20.3. The van der Waals surface area contributed by atoms with Crippen LogP contribution in [0, 0.1) is 0 Å². The Hall–Kier alpha value is -3.06. The number of alkyl halides is 3. The number of hydrogen-bond donors (Lipinski definition) is 1. The van der Waals surface area contributed by atoms with E-state index in [-0.39, 0.29) is 12.1 Å². The molecule has 0 saturated heterocycles. The fourth-order valence-electron chi connectivity index (χ4n) is 2.65. The van der Waals surface area contributed by atoms with Crippen molar-refractivity contribution >= 4 is 23.2 Å². The summed E-state index contributed by atoms with van der Waals surface area (Å²) in [6.07, 6.45) is -3.13. The minimum absolute atomic E-state index is 0.191. The highest BCUT2D eigenvalue weighted by atomic mass is 35.5. The number of amides is 1. The van der Waals surface area contributed by atoms with E-state index in [1.807, 2.05) is 0 Å². The topological polar surface area (TPSA) is 51.1 Å². The summed E-state index contributed by atoms with van der Waals surface area (Å²) in [5, 5.41) is 2.73. The molecule has 3 rings (SSSR count). The van der Waals surface area contributed by atoms with E-state index in [2.05, 4.69) is 5.32 Å². The van der Waals surface area contributed by atoms with Gasteiger partial charge in [0.1, 0.15) is 5.56 Å². The predicted octanol–water partition coefficient (Wildman–Crippen LogP) is 4.82. The molecule has 0 fully saturated rings. The maximum Gasteiger partial charge on any atom is 0.418 e. The molecule has 0 saturated carbocycles. The van der Waals surface area contributed by atoms with Crippen molar-refractivity contribution in [1.82, 2.24) is 4.57 Å². The van der Waals surface area contributed by atoms with E-state index >= 15 is 0 Å². The van der Waals surface area contributed by atoms with Gasteiger partial charge in [0.05, 0.1) is 17.8 Å². The Labute approximate surface area is 163 Å². The first-order chi connectivity index (χ1) is 13.3. The van der Waals surface area contributed by atoms with Crippen molar-refractivity contribution in [3.63, 3.8) is 0 Å². The normalized spacial score (nSPS) is 11.3. The number of hydrogen-bond acceptors (Lipinski definition) is 2. The molecule has 1 N–H and O–H groups in total. The van der Waals surface area contributed by atoms with Crippen molar-refractivity contribution in [3.05, 3.63) is 98.9 Å². The molecule has 1 aromatic heterocycles. The number of anilines is 1. The molecule has 28 heavy (non-hydrogen) atoms. The summed E-state index contributed by atoms with van der Waals surface area (Å²) >= 11 is 5.83. The number of rotatable bonds is 4. The molecule has 1 heterocycles. The lowest BCUT2D eigenvalue weighted by Crippen LogP contribution is -2.29. The first-order valence-corrected chi connectivity index (χ1v) is 8.55. The van der Waals surface area contributed by atoms with E-state index in [0.29, 0.717) is 5.02 Å². The molecule has 0 spiro atoms. The molecule has 144 valence electrons. The molecule has 0 radical (unpaired) electrons. The number of pyridine rings is 1. The molecule has 4 nitrogen and oxygen atoms in total. The maximum atomic E-state index is 13.1. The van der Waals surface area contributed by atoms with Crippen LogP contribution in [0.1, 0.15) is 21.5 Å². The van der Waals surface area contributed by atoms with Crippen LogP contribution in [0.15, 0.2) is 71.7 Å². The molecule has 0 aliphatic heterocycles. The summed E-state index contributed by atoms with van der Waals surface area (Å²) in [7, 11) is 0. The summed E-state index contributed by atoms with van der Waals surface area (Å²) in [5.74, 6) is -0.910. The fraction of sp³-hybridized carbons (Fsp3) is 0.100. The largest absolute Gasteiger partial charge is 0.418 e. The first-order valence-electron chi connectivity index (χ1n) is 8.17. The van der Waals surface area contributed by atoms with Gasteiger partial charge in [-0.2, -0.15) is 13.2 Å². The Bertz CT molecular complexity index is 1060. The van der Waals surface area contributed by atoms with E-state index in [9.17, 15) is 22.8 Å². The third-order valence-corrected chi connectivity index (χ3v) is 4.26. The SMILES string of the molecule is O=C(Nc1ccccc1C(F)(F)F)c1cccn(Cc2ccc(Cl)cc2)c1=O. The van der Waals surface area contributed by atoms with Gasteiger partial charge in [-0.25, -0.2) is 0 Å². The first kappa shape index (κ1) is 19.7. The molecule has 2 aromatic carbocycles. The van der Waals surface area contributed by atoms with Crippen LogP contribution in [0.3, 0.4) is 0 Å². The Morgan fingerprint density at radius 3 is 2.36 bits per heavy atom. The van der Waals surface area contributed by atoms with Gasteiger partial charge >= 0.3 is 6.18 Å². The van der Waals surface area contributed by atoms with E-state index in [0.717, 1.165) is 17.7 Å². The highest BCUT2D eigenvalue weighted by molar-refractivity contribution is 6.30. The Kier molecular flexibility index (Phi) is 5.56. The number of carbonyl (C=O) groups is 1. The fourth-order valence-corrected chi connectivity index (χ4v) is 2.78. The highest BCUT2D eigenvalue weighted by Gasteiger charge is 2.33. The van der Waals surface area contributed by atoms with Crippen LogP contribution in [0.2, 0.25) is 5.02 Å². The van der Waals surface area contributed by atoms with Crippen molar-refractivity contribution < 1.29 is 18.0 Å². The molecular formula is C20H14ClF3N2O2.